The van der Waals surface area contributed by atoms with E-state index in [9.17, 15) is 5.11 Å². The molecule has 0 bridgehead atoms. The number of aromatic hydroxyl groups is 1. The van der Waals surface area contributed by atoms with Crippen molar-refractivity contribution in [2.45, 2.75) is 111 Å². The first-order valence-corrected chi connectivity index (χ1v) is 31.6. The summed E-state index contributed by atoms with van der Waals surface area (Å²) in [5, 5.41) is 22.5. The number of hydrogen-bond donors (Lipinski definition) is 1. The van der Waals surface area contributed by atoms with Crippen LogP contribution in [0.5, 0.6) is 5.75 Å². The van der Waals surface area contributed by atoms with Crippen molar-refractivity contribution >= 4 is 94.0 Å². The molecular formula is C82H76N2O2. The molecule has 2 fully saturated rings. The molecule has 4 nitrogen and oxygen atoms in total. The van der Waals surface area contributed by atoms with E-state index < -0.39 is 0 Å². The van der Waals surface area contributed by atoms with Crippen molar-refractivity contribution in [3.05, 3.63) is 252 Å². The molecule has 0 radical (unpaired) electrons. The number of fused-ring (bicyclic) bond motifs is 3. The predicted molar refractivity (Wildman–Crippen MR) is 367 cm³/mol. The number of benzene rings is 11. The van der Waals surface area contributed by atoms with E-state index >= 15 is 0 Å². The van der Waals surface area contributed by atoms with Crippen LogP contribution in [0.4, 0.5) is 34.1 Å². The third-order valence-corrected chi connectivity index (χ3v) is 19.1. The lowest BCUT2D eigenvalue weighted by Crippen LogP contribution is -2.15. The van der Waals surface area contributed by atoms with Gasteiger partial charge in [0.1, 0.15) is 11.3 Å². The van der Waals surface area contributed by atoms with Gasteiger partial charge in [0.2, 0.25) is 0 Å². The molecule has 0 unspecified atom stereocenters. The molecule has 11 aromatic carbocycles. The number of phenolic OH excluding ortho intramolecular Hbond substituents is 1. The topological polar surface area (TPSA) is 39.9 Å². The first kappa shape index (κ1) is 54.8. The molecule has 3 aliphatic carbocycles. The highest BCUT2D eigenvalue weighted by atomic mass is 16.3. The van der Waals surface area contributed by atoms with Crippen LogP contribution >= 0.6 is 0 Å². The van der Waals surface area contributed by atoms with Gasteiger partial charge in [-0.2, -0.15) is 0 Å². The summed E-state index contributed by atoms with van der Waals surface area (Å²) < 4.78 is 7.24. The van der Waals surface area contributed by atoms with E-state index in [4.69, 9.17) is 4.42 Å². The Balaban J connectivity index is 0.000000873. The summed E-state index contributed by atoms with van der Waals surface area (Å²) >= 11 is 0. The molecule has 86 heavy (non-hydrogen) atoms. The quantitative estimate of drug-likeness (QED) is 0.139. The average molecular weight is 1120 g/mol. The van der Waals surface area contributed by atoms with Gasteiger partial charge in [0.15, 0.2) is 5.58 Å². The Morgan fingerprint density at radius 3 is 1.79 bits per heavy atom. The van der Waals surface area contributed by atoms with Crippen LogP contribution in [0.25, 0.3) is 82.1 Å². The van der Waals surface area contributed by atoms with Crippen molar-refractivity contribution in [3.8, 4) is 28.0 Å². The van der Waals surface area contributed by atoms with Gasteiger partial charge in [0, 0.05) is 38.4 Å². The van der Waals surface area contributed by atoms with Crippen molar-refractivity contribution in [3.63, 3.8) is 0 Å². The summed E-state index contributed by atoms with van der Waals surface area (Å²) in [4.78, 5) is 4.84. The third kappa shape index (κ3) is 9.93. The van der Waals surface area contributed by atoms with E-state index in [-0.39, 0.29) is 5.75 Å². The number of anilines is 6. The normalized spacial score (nSPS) is 14.9. The van der Waals surface area contributed by atoms with Crippen LogP contribution in [0.1, 0.15) is 117 Å². The van der Waals surface area contributed by atoms with Crippen molar-refractivity contribution < 1.29 is 9.52 Å². The Morgan fingerprint density at radius 2 is 1.02 bits per heavy atom. The molecule has 0 saturated heterocycles. The lowest BCUT2D eigenvalue weighted by Gasteiger charge is -2.33. The maximum absolute atomic E-state index is 13.1. The van der Waals surface area contributed by atoms with Gasteiger partial charge in [-0.15, -0.1) is 0 Å². The Kier molecular flexibility index (Phi) is 14.9. The first-order chi connectivity index (χ1) is 42.2. The molecule has 0 spiro atoms. The largest absolute Gasteiger partial charge is 0.505 e. The van der Waals surface area contributed by atoms with Crippen molar-refractivity contribution in [2.24, 2.45) is 5.92 Å². The van der Waals surface area contributed by atoms with E-state index in [1.54, 1.807) is 0 Å². The number of allylic oxidation sites excluding steroid dienone is 6. The third-order valence-electron chi connectivity index (χ3n) is 19.1. The highest BCUT2D eigenvalue weighted by molar-refractivity contribution is 6.29. The van der Waals surface area contributed by atoms with Crippen LogP contribution in [0.15, 0.2) is 223 Å². The second-order valence-electron chi connectivity index (χ2n) is 24.8. The zero-order valence-corrected chi connectivity index (χ0v) is 50.5. The number of hydrogen-bond acceptors (Lipinski definition) is 4. The summed E-state index contributed by atoms with van der Waals surface area (Å²) in [6, 6.07) is 68.5. The fourth-order valence-electron chi connectivity index (χ4n) is 14.7. The van der Waals surface area contributed by atoms with E-state index in [1.807, 2.05) is 0 Å². The molecular weight excluding hydrogens is 1040 g/mol. The fourth-order valence-corrected chi connectivity index (χ4v) is 14.7. The van der Waals surface area contributed by atoms with Gasteiger partial charge in [0.05, 0.1) is 28.4 Å². The Labute approximate surface area is 507 Å². The van der Waals surface area contributed by atoms with Crippen molar-refractivity contribution in [1.82, 2.24) is 0 Å². The number of phenols is 1. The lowest BCUT2D eigenvalue weighted by atomic mass is 9.79. The second-order valence-corrected chi connectivity index (χ2v) is 24.8. The Hall–Kier alpha value is -9.12. The number of para-hydroxylation sites is 5. The van der Waals surface area contributed by atoms with Gasteiger partial charge >= 0.3 is 0 Å². The molecule has 1 heterocycles. The van der Waals surface area contributed by atoms with E-state index in [2.05, 4.69) is 263 Å². The minimum atomic E-state index is 0.249. The lowest BCUT2D eigenvalue weighted by molar-refractivity contribution is 0.385. The number of aryl methyl sites for hydroxylation is 4. The van der Waals surface area contributed by atoms with Crippen molar-refractivity contribution in [2.75, 3.05) is 9.80 Å². The van der Waals surface area contributed by atoms with Crippen LogP contribution in [-0.2, 0) is 0 Å². The number of nitrogens with zero attached hydrogens (tertiary/aromatic N) is 2. The molecule has 3 aliphatic rings. The molecule has 4 heteroatoms. The summed E-state index contributed by atoms with van der Waals surface area (Å²) in [6.45, 7) is 11.1. The van der Waals surface area contributed by atoms with E-state index in [1.165, 1.54) is 89.6 Å². The SMILES string of the molecule is CC1CCCCC1.Cc1ccccc1-c1cccc(-c2cccc(N(c3c(C)cccc3C)c3cc(C4CCCCC4)c4ccc5c(N(c6ccccc6C)c6cccc7c6oc6c(C8=CC=CCC=C8)cccc67)ccc6ccc3c4c65)c2O)c1. The molecule has 1 aromatic heterocycles. The van der Waals surface area contributed by atoms with Gasteiger partial charge in [-0.1, -0.05) is 240 Å². The zero-order chi connectivity index (χ0) is 58.4. The van der Waals surface area contributed by atoms with Crippen LogP contribution < -0.4 is 9.80 Å². The molecule has 1 N–H and O–H groups in total. The van der Waals surface area contributed by atoms with Gasteiger partial charge in [-0.3, -0.25) is 0 Å². The van der Waals surface area contributed by atoms with E-state index in [0.717, 1.165) is 137 Å². The summed E-state index contributed by atoms with van der Waals surface area (Å²) in [5.41, 5.74) is 20.1. The van der Waals surface area contributed by atoms with Crippen LogP contribution in [0.3, 0.4) is 0 Å². The van der Waals surface area contributed by atoms with Gasteiger partial charge in [-0.05, 0) is 167 Å². The molecule has 15 rings (SSSR count). The van der Waals surface area contributed by atoms with Crippen LogP contribution in [0, 0.1) is 33.6 Å². The average Bonchev–Trinajstić information content (AvgIpc) is 0.893. The maximum Gasteiger partial charge on any atom is 0.159 e. The smallest absolute Gasteiger partial charge is 0.159 e. The van der Waals surface area contributed by atoms with Gasteiger partial charge in [-0.25, -0.2) is 0 Å². The number of furan rings is 1. The molecule has 0 atom stereocenters. The molecule has 0 aliphatic heterocycles. The first-order valence-electron chi connectivity index (χ1n) is 31.6. The molecule has 2 saturated carbocycles. The van der Waals surface area contributed by atoms with Crippen LogP contribution in [-0.4, -0.2) is 5.11 Å². The van der Waals surface area contributed by atoms with Gasteiger partial charge < -0.3 is 19.3 Å². The molecule has 426 valence electrons. The summed E-state index contributed by atoms with van der Waals surface area (Å²) in [6.07, 6.45) is 25.3. The predicted octanol–water partition coefficient (Wildman–Crippen LogP) is 24.2. The Bertz CT molecular complexity index is 4590. The van der Waals surface area contributed by atoms with E-state index in [0.29, 0.717) is 5.92 Å². The standard InChI is InChI=1S/C75H62N2O2.C7H14/c1-47-21-12-14-31-56(47)54-29-17-30-55(45-54)57-32-19-37-67(73(57)78)77(72-49(3)23-16-24-50(72)4)69-46-64(52-27-10-7-11-28-52)59-42-43-62-66(44-40-53-39-41-63(69)71(59)70(53)62)76(65-36-15-13-22-48(65)2)68-38-20-35-61-60-34-18-33-58(74(60)79-75(61)68)51-25-8-5-6-9-26-51;1-7-5-3-2-4-6-7/h5,8-9,12-26,29-46,52,78H,6-7,10-11,27-28H2,1-4H3;7H,2-6H2,1H3. The fraction of sp³-hybridized carbons (Fsp3) is 0.220. The highest BCUT2D eigenvalue weighted by Crippen LogP contribution is 2.54. The van der Waals surface area contributed by atoms with Crippen LogP contribution in [0.2, 0.25) is 0 Å². The highest BCUT2D eigenvalue weighted by Gasteiger charge is 2.30. The van der Waals surface area contributed by atoms with Gasteiger partial charge in [0.25, 0.3) is 0 Å². The molecule has 0 amide bonds. The summed E-state index contributed by atoms with van der Waals surface area (Å²) in [5.74, 6) is 1.67. The Morgan fingerprint density at radius 1 is 0.430 bits per heavy atom. The molecule has 12 aromatic rings. The zero-order valence-electron chi connectivity index (χ0n) is 50.5. The minimum Gasteiger partial charge on any atom is -0.505 e. The minimum absolute atomic E-state index is 0.249. The summed E-state index contributed by atoms with van der Waals surface area (Å²) in [7, 11) is 0. The maximum atomic E-state index is 13.1. The van der Waals surface area contributed by atoms with Crippen molar-refractivity contribution in [1.29, 1.82) is 0 Å². The second kappa shape index (κ2) is 23.4. The monoisotopic (exact) mass is 1120 g/mol. The number of rotatable bonds is 10.